The fourth-order valence-electron chi connectivity index (χ4n) is 1.16. The van der Waals surface area contributed by atoms with Crippen LogP contribution in [0.4, 0.5) is 0 Å². The zero-order chi connectivity index (χ0) is 8.97. The van der Waals surface area contributed by atoms with E-state index >= 15 is 0 Å². The van der Waals surface area contributed by atoms with Crippen molar-refractivity contribution >= 4 is 21.6 Å². The van der Waals surface area contributed by atoms with Gasteiger partial charge in [-0.3, -0.25) is 0 Å². The lowest BCUT2D eigenvalue weighted by Gasteiger charge is -2.27. The molecule has 1 aliphatic rings. The Hall–Kier alpha value is 0.400. The quantitative estimate of drug-likeness (QED) is 0.515. The molecule has 2 atom stereocenters. The minimum absolute atomic E-state index is 0.385. The Kier molecular flexibility index (Phi) is 4.54. The van der Waals surface area contributed by atoms with E-state index in [-0.39, 0.29) is 0 Å². The van der Waals surface area contributed by atoms with Crippen LogP contribution in [0.2, 0.25) is 0 Å². The summed E-state index contributed by atoms with van der Waals surface area (Å²) in [6.07, 6.45) is 1.14. The second-order valence-electron chi connectivity index (χ2n) is 3.04. The van der Waals surface area contributed by atoms with E-state index in [0.29, 0.717) is 11.4 Å². The first-order valence-electron chi connectivity index (χ1n) is 4.29. The normalized spacial score (nSPS) is 30.2. The molecular formula is C9H16OS2. The van der Waals surface area contributed by atoms with Crippen LogP contribution in [0.15, 0.2) is 12.2 Å². The summed E-state index contributed by atoms with van der Waals surface area (Å²) >= 11 is 0. The monoisotopic (exact) mass is 204 g/mol. The molecule has 3 heteroatoms. The molecule has 0 aromatic heterocycles. The SMILES string of the molecule is C=C(C)C1CSSC(OCC)C1. The average molecular weight is 204 g/mol. The lowest BCUT2D eigenvalue weighted by molar-refractivity contribution is 0.112. The molecule has 0 amide bonds. The Labute approximate surface area is 82.7 Å². The van der Waals surface area contributed by atoms with Gasteiger partial charge in [0, 0.05) is 12.4 Å². The maximum absolute atomic E-state index is 5.56. The highest BCUT2D eigenvalue weighted by Crippen LogP contribution is 2.41. The summed E-state index contributed by atoms with van der Waals surface area (Å²) in [4.78, 5) is 0. The molecule has 70 valence electrons. The molecule has 0 aromatic carbocycles. The highest BCUT2D eigenvalue weighted by molar-refractivity contribution is 8.77. The molecule has 0 N–H and O–H groups in total. The Bertz CT molecular complexity index is 157. The summed E-state index contributed by atoms with van der Waals surface area (Å²) in [5.74, 6) is 1.86. The third-order valence-electron chi connectivity index (χ3n) is 1.97. The van der Waals surface area contributed by atoms with Gasteiger partial charge in [0.25, 0.3) is 0 Å². The summed E-state index contributed by atoms with van der Waals surface area (Å²) < 4.78 is 5.56. The van der Waals surface area contributed by atoms with Crippen molar-refractivity contribution in [1.82, 2.24) is 0 Å². The maximum atomic E-state index is 5.56. The van der Waals surface area contributed by atoms with Gasteiger partial charge in [-0.2, -0.15) is 0 Å². The van der Waals surface area contributed by atoms with Crippen molar-refractivity contribution in [2.45, 2.75) is 25.7 Å². The van der Waals surface area contributed by atoms with Crippen molar-refractivity contribution in [1.29, 1.82) is 0 Å². The molecule has 0 spiro atoms. The van der Waals surface area contributed by atoms with E-state index in [9.17, 15) is 0 Å². The molecule has 0 aliphatic carbocycles. The molecule has 1 nitrogen and oxygen atoms in total. The molecule has 1 heterocycles. The first-order valence-corrected chi connectivity index (χ1v) is 6.67. The Balaban J connectivity index is 2.35. The largest absolute Gasteiger partial charge is 0.367 e. The Morgan fingerprint density at radius 1 is 1.67 bits per heavy atom. The van der Waals surface area contributed by atoms with Crippen molar-refractivity contribution in [2.75, 3.05) is 12.4 Å². The van der Waals surface area contributed by atoms with Crippen LogP contribution < -0.4 is 0 Å². The molecule has 1 fully saturated rings. The standard InChI is InChI=1S/C9H16OS2/c1-4-10-9-5-8(7(2)3)6-11-12-9/h8-9H,2,4-6H2,1,3H3. The number of ether oxygens (including phenoxy) is 1. The third kappa shape index (κ3) is 3.04. The Morgan fingerprint density at radius 3 is 3.00 bits per heavy atom. The van der Waals surface area contributed by atoms with E-state index in [1.807, 2.05) is 21.6 Å². The summed E-state index contributed by atoms with van der Waals surface area (Å²) in [6.45, 7) is 8.98. The van der Waals surface area contributed by atoms with Gasteiger partial charge in [-0.15, -0.1) is 0 Å². The molecule has 0 radical (unpaired) electrons. The fourth-order valence-corrected chi connectivity index (χ4v) is 4.07. The summed E-state index contributed by atoms with van der Waals surface area (Å²) in [5.41, 5.74) is 1.68. The van der Waals surface area contributed by atoms with Gasteiger partial charge in [-0.05, 0) is 26.2 Å². The molecule has 0 saturated carbocycles. The number of hydrogen-bond acceptors (Lipinski definition) is 3. The van der Waals surface area contributed by atoms with E-state index in [0.717, 1.165) is 13.0 Å². The van der Waals surface area contributed by atoms with Gasteiger partial charge in [0.2, 0.25) is 0 Å². The average Bonchev–Trinajstić information content (AvgIpc) is 2.05. The van der Waals surface area contributed by atoms with Crippen LogP contribution in [0.5, 0.6) is 0 Å². The zero-order valence-electron chi connectivity index (χ0n) is 7.71. The van der Waals surface area contributed by atoms with Gasteiger partial charge in [0.15, 0.2) is 0 Å². The molecule has 1 aliphatic heterocycles. The second-order valence-corrected chi connectivity index (χ2v) is 5.62. The van der Waals surface area contributed by atoms with E-state index in [2.05, 4.69) is 20.4 Å². The molecule has 2 unspecified atom stereocenters. The van der Waals surface area contributed by atoms with Crippen molar-refractivity contribution in [3.8, 4) is 0 Å². The van der Waals surface area contributed by atoms with Crippen molar-refractivity contribution in [3.63, 3.8) is 0 Å². The van der Waals surface area contributed by atoms with Gasteiger partial charge < -0.3 is 4.74 Å². The van der Waals surface area contributed by atoms with E-state index in [1.165, 1.54) is 11.3 Å². The highest BCUT2D eigenvalue weighted by Gasteiger charge is 2.23. The summed E-state index contributed by atoms with van der Waals surface area (Å²) in [6, 6.07) is 0. The predicted octanol–water partition coefficient (Wildman–Crippen LogP) is 3.33. The Morgan fingerprint density at radius 2 is 2.42 bits per heavy atom. The van der Waals surface area contributed by atoms with E-state index in [1.54, 1.807) is 0 Å². The minimum atomic E-state index is 0.385. The second kappa shape index (κ2) is 5.20. The van der Waals surface area contributed by atoms with Gasteiger partial charge >= 0.3 is 0 Å². The highest BCUT2D eigenvalue weighted by atomic mass is 33.1. The van der Waals surface area contributed by atoms with Gasteiger partial charge in [0.1, 0.15) is 5.44 Å². The van der Waals surface area contributed by atoms with E-state index < -0.39 is 0 Å². The van der Waals surface area contributed by atoms with Crippen LogP contribution in [0, 0.1) is 5.92 Å². The molecule has 1 saturated heterocycles. The molecular weight excluding hydrogens is 188 g/mol. The first kappa shape index (κ1) is 10.5. The van der Waals surface area contributed by atoms with Gasteiger partial charge in [0.05, 0.1) is 0 Å². The van der Waals surface area contributed by atoms with Crippen LogP contribution in [0.1, 0.15) is 20.3 Å². The third-order valence-corrected chi connectivity index (χ3v) is 4.65. The van der Waals surface area contributed by atoms with Gasteiger partial charge in [-0.25, -0.2) is 0 Å². The number of allylic oxidation sites excluding steroid dienone is 1. The van der Waals surface area contributed by atoms with Crippen molar-refractivity contribution in [3.05, 3.63) is 12.2 Å². The van der Waals surface area contributed by atoms with Crippen LogP contribution in [-0.4, -0.2) is 17.8 Å². The van der Waals surface area contributed by atoms with Crippen molar-refractivity contribution < 1.29 is 4.74 Å². The fraction of sp³-hybridized carbons (Fsp3) is 0.778. The first-order chi connectivity index (χ1) is 5.74. The minimum Gasteiger partial charge on any atom is -0.367 e. The van der Waals surface area contributed by atoms with Gasteiger partial charge in [-0.1, -0.05) is 33.7 Å². The molecule has 1 rings (SSSR count). The lowest BCUT2D eigenvalue weighted by Crippen LogP contribution is -2.19. The molecule has 0 bridgehead atoms. The van der Waals surface area contributed by atoms with Crippen LogP contribution in [0.3, 0.4) is 0 Å². The van der Waals surface area contributed by atoms with Crippen LogP contribution >= 0.6 is 21.6 Å². The molecule has 12 heavy (non-hydrogen) atoms. The summed E-state index contributed by atoms with van der Waals surface area (Å²) in [7, 11) is 3.77. The predicted molar refractivity (Wildman–Crippen MR) is 58.4 cm³/mol. The van der Waals surface area contributed by atoms with Crippen LogP contribution in [-0.2, 0) is 4.74 Å². The molecule has 0 aromatic rings. The topological polar surface area (TPSA) is 9.23 Å². The smallest absolute Gasteiger partial charge is 0.113 e. The van der Waals surface area contributed by atoms with E-state index in [4.69, 9.17) is 4.74 Å². The maximum Gasteiger partial charge on any atom is 0.113 e. The van der Waals surface area contributed by atoms with Crippen molar-refractivity contribution in [2.24, 2.45) is 5.92 Å². The zero-order valence-corrected chi connectivity index (χ0v) is 9.34. The number of rotatable bonds is 3. The summed E-state index contributed by atoms with van der Waals surface area (Å²) in [5, 5.41) is 0. The number of hydrogen-bond donors (Lipinski definition) is 0. The lowest BCUT2D eigenvalue weighted by atomic mass is 10.0. The van der Waals surface area contributed by atoms with Crippen LogP contribution in [0.25, 0.3) is 0 Å².